The standard InChI is InChI=1S/C10H15FO2/c1-3-13-10(12)9-5-4-8(11)6-7(9)2/h6-7,9H,3-5H2,1-2H3. The fraction of sp³-hybridized carbons (Fsp3) is 0.700. The fourth-order valence-corrected chi connectivity index (χ4v) is 1.62. The Hall–Kier alpha value is -0.860. The second-order valence-corrected chi connectivity index (χ2v) is 3.37. The van der Waals surface area contributed by atoms with Crippen molar-refractivity contribution < 1.29 is 13.9 Å². The van der Waals surface area contributed by atoms with Crippen LogP contribution in [0.25, 0.3) is 0 Å². The highest BCUT2D eigenvalue weighted by atomic mass is 19.1. The first-order valence-electron chi connectivity index (χ1n) is 4.68. The number of ether oxygens (including phenoxy) is 1. The average Bonchev–Trinajstić information content (AvgIpc) is 2.04. The van der Waals surface area contributed by atoms with Gasteiger partial charge in [-0.3, -0.25) is 4.79 Å². The van der Waals surface area contributed by atoms with E-state index in [-0.39, 0.29) is 23.6 Å². The first kappa shape index (κ1) is 10.2. The van der Waals surface area contributed by atoms with Crippen molar-refractivity contribution >= 4 is 5.97 Å². The largest absolute Gasteiger partial charge is 0.466 e. The summed E-state index contributed by atoms with van der Waals surface area (Å²) in [5.74, 6) is -0.487. The summed E-state index contributed by atoms with van der Waals surface area (Å²) in [5, 5.41) is 0. The molecular formula is C10H15FO2. The number of hydrogen-bond acceptors (Lipinski definition) is 2. The highest BCUT2D eigenvalue weighted by Gasteiger charge is 2.28. The van der Waals surface area contributed by atoms with Crippen LogP contribution in [0.3, 0.4) is 0 Å². The lowest BCUT2D eigenvalue weighted by molar-refractivity contribution is -0.149. The van der Waals surface area contributed by atoms with Crippen molar-refractivity contribution in [2.24, 2.45) is 11.8 Å². The van der Waals surface area contributed by atoms with E-state index in [1.165, 1.54) is 6.08 Å². The van der Waals surface area contributed by atoms with Crippen LogP contribution in [0.15, 0.2) is 11.9 Å². The third kappa shape index (κ3) is 2.54. The molecule has 0 radical (unpaired) electrons. The van der Waals surface area contributed by atoms with Crippen LogP contribution in [-0.2, 0) is 9.53 Å². The third-order valence-electron chi connectivity index (χ3n) is 2.36. The maximum absolute atomic E-state index is 12.8. The maximum atomic E-state index is 12.8. The molecule has 2 nitrogen and oxygen atoms in total. The summed E-state index contributed by atoms with van der Waals surface area (Å²) in [5.41, 5.74) is 0. The zero-order chi connectivity index (χ0) is 9.84. The first-order chi connectivity index (χ1) is 6.15. The highest BCUT2D eigenvalue weighted by Crippen LogP contribution is 2.29. The number of rotatable bonds is 2. The Morgan fingerprint density at radius 3 is 3.00 bits per heavy atom. The number of carbonyl (C=O) groups excluding carboxylic acids is 1. The molecule has 0 N–H and O–H groups in total. The molecule has 0 amide bonds. The Labute approximate surface area is 77.8 Å². The van der Waals surface area contributed by atoms with Crippen LogP contribution in [0, 0.1) is 11.8 Å². The average molecular weight is 186 g/mol. The molecule has 1 rings (SSSR count). The maximum Gasteiger partial charge on any atom is 0.309 e. The molecule has 2 unspecified atom stereocenters. The normalized spacial score (nSPS) is 28.1. The van der Waals surface area contributed by atoms with Gasteiger partial charge in [-0.15, -0.1) is 0 Å². The minimum Gasteiger partial charge on any atom is -0.466 e. The molecule has 0 aliphatic heterocycles. The van der Waals surface area contributed by atoms with Crippen LogP contribution in [0.2, 0.25) is 0 Å². The molecule has 13 heavy (non-hydrogen) atoms. The van der Waals surface area contributed by atoms with E-state index in [1.807, 2.05) is 6.92 Å². The smallest absolute Gasteiger partial charge is 0.309 e. The van der Waals surface area contributed by atoms with Gasteiger partial charge in [0.1, 0.15) is 0 Å². The van der Waals surface area contributed by atoms with E-state index in [4.69, 9.17) is 4.74 Å². The Kier molecular flexibility index (Phi) is 3.46. The molecule has 74 valence electrons. The van der Waals surface area contributed by atoms with Crippen LogP contribution < -0.4 is 0 Å². The quantitative estimate of drug-likeness (QED) is 0.619. The summed E-state index contributed by atoms with van der Waals surface area (Å²) >= 11 is 0. The van der Waals surface area contributed by atoms with Crippen molar-refractivity contribution in [1.29, 1.82) is 0 Å². The van der Waals surface area contributed by atoms with Crippen LogP contribution in [0.4, 0.5) is 4.39 Å². The SMILES string of the molecule is CCOC(=O)C1CCC(F)=CC1C. The second-order valence-electron chi connectivity index (χ2n) is 3.37. The zero-order valence-corrected chi connectivity index (χ0v) is 8.05. The summed E-state index contributed by atoms with van der Waals surface area (Å²) in [6.07, 6.45) is 2.46. The van der Waals surface area contributed by atoms with Crippen molar-refractivity contribution in [2.75, 3.05) is 6.61 Å². The summed E-state index contributed by atoms with van der Waals surface area (Å²) in [6.45, 7) is 4.02. The Balaban J connectivity index is 2.57. The molecule has 2 atom stereocenters. The Bertz CT molecular complexity index is 223. The van der Waals surface area contributed by atoms with Gasteiger partial charge in [-0.2, -0.15) is 0 Å². The van der Waals surface area contributed by atoms with E-state index < -0.39 is 0 Å². The van der Waals surface area contributed by atoms with Gasteiger partial charge in [-0.1, -0.05) is 6.92 Å². The van der Waals surface area contributed by atoms with Crippen molar-refractivity contribution in [3.05, 3.63) is 11.9 Å². The molecule has 3 heteroatoms. The van der Waals surface area contributed by atoms with Crippen LogP contribution >= 0.6 is 0 Å². The number of halogens is 1. The lowest BCUT2D eigenvalue weighted by Gasteiger charge is -2.23. The summed E-state index contributed by atoms with van der Waals surface area (Å²) < 4.78 is 17.7. The van der Waals surface area contributed by atoms with Crippen LogP contribution in [-0.4, -0.2) is 12.6 Å². The van der Waals surface area contributed by atoms with Gasteiger partial charge in [0.15, 0.2) is 0 Å². The number of allylic oxidation sites excluding steroid dienone is 2. The topological polar surface area (TPSA) is 26.3 Å². The summed E-state index contributed by atoms with van der Waals surface area (Å²) in [4.78, 5) is 11.3. The lowest BCUT2D eigenvalue weighted by Crippen LogP contribution is -2.25. The monoisotopic (exact) mass is 186 g/mol. The lowest BCUT2D eigenvalue weighted by atomic mass is 9.85. The zero-order valence-electron chi connectivity index (χ0n) is 8.05. The van der Waals surface area contributed by atoms with Crippen molar-refractivity contribution in [1.82, 2.24) is 0 Å². The molecule has 0 spiro atoms. The van der Waals surface area contributed by atoms with Crippen molar-refractivity contribution in [3.63, 3.8) is 0 Å². The molecule has 0 aromatic carbocycles. The molecule has 0 bridgehead atoms. The molecule has 0 saturated heterocycles. The van der Waals surface area contributed by atoms with Gasteiger partial charge in [0.2, 0.25) is 0 Å². The molecule has 0 aromatic rings. The first-order valence-corrected chi connectivity index (χ1v) is 4.68. The number of carbonyl (C=O) groups is 1. The van der Waals surface area contributed by atoms with E-state index in [1.54, 1.807) is 6.92 Å². The predicted octanol–water partition coefficient (Wildman–Crippen LogP) is 2.45. The van der Waals surface area contributed by atoms with Gasteiger partial charge in [0.05, 0.1) is 18.4 Å². The van der Waals surface area contributed by atoms with E-state index in [9.17, 15) is 9.18 Å². The second kappa shape index (κ2) is 4.40. The fourth-order valence-electron chi connectivity index (χ4n) is 1.62. The third-order valence-corrected chi connectivity index (χ3v) is 2.36. The van der Waals surface area contributed by atoms with E-state index >= 15 is 0 Å². The molecule has 0 aromatic heterocycles. The van der Waals surface area contributed by atoms with Gasteiger partial charge in [-0.05, 0) is 31.8 Å². The van der Waals surface area contributed by atoms with E-state index in [0.29, 0.717) is 19.4 Å². The van der Waals surface area contributed by atoms with Crippen molar-refractivity contribution in [3.8, 4) is 0 Å². The molecule has 1 aliphatic rings. The minimum atomic E-state index is -0.196. The van der Waals surface area contributed by atoms with Crippen LogP contribution in [0.5, 0.6) is 0 Å². The highest BCUT2D eigenvalue weighted by molar-refractivity contribution is 5.73. The van der Waals surface area contributed by atoms with Gasteiger partial charge in [0.25, 0.3) is 0 Å². The van der Waals surface area contributed by atoms with Crippen LogP contribution in [0.1, 0.15) is 26.7 Å². The van der Waals surface area contributed by atoms with E-state index in [2.05, 4.69) is 0 Å². The summed E-state index contributed by atoms with van der Waals surface area (Å²) in [7, 11) is 0. The predicted molar refractivity (Wildman–Crippen MR) is 47.7 cm³/mol. The molecule has 1 aliphatic carbocycles. The minimum absolute atomic E-state index is 0.0344. The summed E-state index contributed by atoms with van der Waals surface area (Å²) in [6, 6.07) is 0. The Morgan fingerprint density at radius 1 is 1.77 bits per heavy atom. The van der Waals surface area contributed by atoms with Gasteiger partial charge in [0, 0.05) is 0 Å². The van der Waals surface area contributed by atoms with E-state index in [0.717, 1.165) is 0 Å². The van der Waals surface area contributed by atoms with Gasteiger partial charge < -0.3 is 4.74 Å². The molecule has 0 saturated carbocycles. The molecule has 0 heterocycles. The van der Waals surface area contributed by atoms with Crippen molar-refractivity contribution in [2.45, 2.75) is 26.7 Å². The number of hydrogen-bond donors (Lipinski definition) is 0. The van der Waals surface area contributed by atoms with Gasteiger partial charge >= 0.3 is 5.97 Å². The molecular weight excluding hydrogens is 171 g/mol. The Morgan fingerprint density at radius 2 is 2.46 bits per heavy atom. The molecule has 0 fully saturated rings. The van der Waals surface area contributed by atoms with Gasteiger partial charge in [-0.25, -0.2) is 4.39 Å². The number of esters is 1.